The fraction of sp³-hybridized carbons (Fsp3) is 0.333. The van der Waals surface area contributed by atoms with Crippen molar-refractivity contribution in [3.05, 3.63) is 55.3 Å². The third-order valence-electron chi connectivity index (χ3n) is 3.30. The SMILES string of the molecule is Cc1csc(=O)n1CCC(=O)NCCc1c(F)cccc1Cl. The lowest BCUT2D eigenvalue weighted by atomic mass is 10.1. The van der Waals surface area contributed by atoms with E-state index in [0.29, 0.717) is 30.1 Å². The maximum Gasteiger partial charge on any atom is 0.307 e. The third kappa shape index (κ3) is 4.18. The molecule has 0 aliphatic carbocycles. The van der Waals surface area contributed by atoms with E-state index < -0.39 is 0 Å². The summed E-state index contributed by atoms with van der Waals surface area (Å²) in [5.41, 5.74) is 1.25. The van der Waals surface area contributed by atoms with Crippen molar-refractivity contribution < 1.29 is 9.18 Å². The van der Waals surface area contributed by atoms with Crippen LogP contribution in [0.1, 0.15) is 17.7 Å². The summed E-state index contributed by atoms with van der Waals surface area (Å²) in [4.78, 5) is 23.2. The van der Waals surface area contributed by atoms with E-state index in [2.05, 4.69) is 5.32 Å². The lowest BCUT2D eigenvalue weighted by Crippen LogP contribution is -2.28. The molecule has 0 saturated heterocycles. The van der Waals surface area contributed by atoms with Gasteiger partial charge in [0.15, 0.2) is 0 Å². The second-order valence-electron chi connectivity index (χ2n) is 4.84. The van der Waals surface area contributed by atoms with E-state index in [9.17, 15) is 14.0 Å². The number of thiazole rings is 1. The zero-order valence-corrected chi connectivity index (χ0v) is 13.6. The van der Waals surface area contributed by atoms with Crippen LogP contribution in [0.15, 0.2) is 28.4 Å². The third-order valence-corrected chi connectivity index (χ3v) is 4.53. The molecule has 0 saturated carbocycles. The quantitative estimate of drug-likeness (QED) is 0.877. The summed E-state index contributed by atoms with van der Waals surface area (Å²) in [7, 11) is 0. The number of rotatable bonds is 6. The van der Waals surface area contributed by atoms with Gasteiger partial charge in [-0.2, -0.15) is 0 Å². The number of nitrogens with zero attached hydrogens (tertiary/aromatic N) is 1. The smallest absolute Gasteiger partial charge is 0.307 e. The number of hydrogen-bond acceptors (Lipinski definition) is 3. The van der Waals surface area contributed by atoms with E-state index in [0.717, 1.165) is 17.0 Å². The van der Waals surface area contributed by atoms with Gasteiger partial charge in [-0.05, 0) is 25.5 Å². The topological polar surface area (TPSA) is 51.1 Å². The molecule has 0 spiro atoms. The lowest BCUT2D eigenvalue weighted by Gasteiger charge is -2.08. The molecule has 0 atom stereocenters. The van der Waals surface area contributed by atoms with Gasteiger partial charge in [-0.1, -0.05) is 29.0 Å². The Morgan fingerprint density at radius 2 is 2.23 bits per heavy atom. The molecule has 4 nitrogen and oxygen atoms in total. The second-order valence-corrected chi connectivity index (χ2v) is 6.07. The minimum absolute atomic E-state index is 0.0663. The van der Waals surface area contributed by atoms with Gasteiger partial charge < -0.3 is 9.88 Å². The molecule has 118 valence electrons. The Morgan fingerprint density at radius 3 is 2.86 bits per heavy atom. The summed E-state index contributed by atoms with van der Waals surface area (Å²) < 4.78 is 15.1. The van der Waals surface area contributed by atoms with Crippen LogP contribution in [0.4, 0.5) is 4.39 Å². The summed E-state index contributed by atoms with van der Waals surface area (Å²) >= 11 is 7.04. The predicted molar refractivity (Wildman–Crippen MR) is 86.1 cm³/mol. The van der Waals surface area contributed by atoms with E-state index in [1.165, 1.54) is 6.07 Å². The van der Waals surface area contributed by atoms with Gasteiger partial charge >= 0.3 is 4.87 Å². The number of aryl methyl sites for hydroxylation is 1. The molecule has 1 aromatic heterocycles. The molecule has 22 heavy (non-hydrogen) atoms. The van der Waals surface area contributed by atoms with E-state index >= 15 is 0 Å². The molecule has 2 aromatic rings. The molecule has 0 aliphatic heterocycles. The van der Waals surface area contributed by atoms with Crippen LogP contribution in [0.2, 0.25) is 5.02 Å². The first kappa shape index (κ1) is 16.7. The van der Waals surface area contributed by atoms with Crippen LogP contribution in [0.3, 0.4) is 0 Å². The summed E-state index contributed by atoms with van der Waals surface area (Å²) in [6.45, 7) is 2.48. The van der Waals surface area contributed by atoms with Crippen LogP contribution in [-0.4, -0.2) is 17.0 Å². The molecule has 0 fully saturated rings. The molecule has 1 amide bonds. The Hall–Kier alpha value is -1.66. The molecule has 0 bridgehead atoms. The first-order chi connectivity index (χ1) is 10.5. The molecular weight excluding hydrogens is 327 g/mol. The Labute approximate surface area is 136 Å². The number of aromatic nitrogens is 1. The van der Waals surface area contributed by atoms with Crippen molar-refractivity contribution >= 4 is 28.8 Å². The van der Waals surface area contributed by atoms with Crippen molar-refractivity contribution in [2.45, 2.75) is 26.3 Å². The van der Waals surface area contributed by atoms with E-state index in [-0.39, 0.29) is 23.0 Å². The average molecular weight is 343 g/mol. The van der Waals surface area contributed by atoms with Gasteiger partial charge in [-0.3, -0.25) is 9.59 Å². The number of carbonyl (C=O) groups is 1. The maximum absolute atomic E-state index is 13.6. The van der Waals surface area contributed by atoms with Crippen LogP contribution >= 0.6 is 22.9 Å². The van der Waals surface area contributed by atoms with Crippen LogP contribution in [-0.2, 0) is 17.8 Å². The minimum Gasteiger partial charge on any atom is -0.356 e. The van der Waals surface area contributed by atoms with Crippen molar-refractivity contribution in [2.75, 3.05) is 6.54 Å². The van der Waals surface area contributed by atoms with E-state index in [1.54, 1.807) is 22.1 Å². The van der Waals surface area contributed by atoms with Crippen molar-refractivity contribution in [1.82, 2.24) is 9.88 Å². The van der Waals surface area contributed by atoms with Crippen LogP contribution < -0.4 is 10.2 Å². The first-order valence-electron chi connectivity index (χ1n) is 6.83. The van der Waals surface area contributed by atoms with Crippen molar-refractivity contribution in [3.63, 3.8) is 0 Å². The molecule has 1 N–H and O–H groups in total. The van der Waals surface area contributed by atoms with Crippen molar-refractivity contribution in [2.24, 2.45) is 0 Å². The minimum atomic E-state index is -0.373. The van der Waals surface area contributed by atoms with Crippen LogP contribution in [0.5, 0.6) is 0 Å². The fourth-order valence-electron chi connectivity index (χ4n) is 2.07. The highest BCUT2D eigenvalue weighted by Gasteiger charge is 2.09. The van der Waals surface area contributed by atoms with Gasteiger partial charge in [0.1, 0.15) is 5.82 Å². The Bertz CT molecular complexity index is 706. The highest BCUT2D eigenvalue weighted by molar-refractivity contribution is 7.07. The Morgan fingerprint density at radius 1 is 1.45 bits per heavy atom. The predicted octanol–water partition coefficient (Wildman–Crippen LogP) is 2.76. The number of benzene rings is 1. The molecule has 2 rings (SSSR count). The summed E-state index contributed by atoms with van der Waals surface area (Å²) in [5.74, 6) is -0.549. The van der Waals surface area contributed by atoms with Crippen LogP contribution in [0, 0.1) is 12.7 Å². The first-order valence-corrected chi connectivity index (χ1v) is 8.09. The highest BCUT2D eigenvalue weighted by Crippen LogP contribution is 2.18. The second kappa shape index (κ2) is 7.56. The summed E-state index contributed by atoms with van der Waals surface area (Å²) in [6, 6.07) is 4.50. The van der Waals surface area contributed by atoms with E-state index in [4.69, 9.17) is 11.6 Å². The molecule has 0 unspecified atom stereocenters. The average Bonchev–Trinajstić information content (AvgIpc) is 2.79. The Kier molecular flexibility index (Phi) is 5.74. The van der Waals surface area contributed by atoms with E-state index in [1.807, 2.05) is 6.92 Å². The van der Waals surface area contributed by atoms with Crippen molar-refractivity contribution in [3.8, 4) is 0 Å². The van der Waals surface area contributed by atoms with Gasteiger partial charge in [0, 0.05) is 41.2 Å². The lowest BCUT2D eigenvalue weighted by molar-refractivity contribution is -0.121. The van der Waals surface area contributed by atoms with Crippen LogP contribution in [0.25, 0.3) is 0 Å². The largest absolute Gasteiger partial charge is 0.356 e. The number of carbonyl (C=O) groups excluding carboxylic acids is 1. The number of amides is 1. The van der Waals surface area contributed by atoms with Crippen molar-refractivity contribution in [1.29, 1.82) is 0 Å². The zero-order chi connectivity index (χ0) is 16.1. The molecule has 7 heteroatoms. The van der Waals surface area contributed by atoms with Gasteiger partial charge in [0.25, 0.3) is 0 Å². The fourth-order valence-corrected chi connectivity index (χ4v) is 3.09. The standard InChI is InChI=1S/C15H16ClFN2O2S/c1-10-9-22-15(21)19(10)8-6-14(20)18-7-5-11-12(16)3-2-4-13(11)17/h2-4,9H,5-8H2,1H3,(H,18,20). The van der Waals surface area contributed by atoms with Gasteiger partial charge in [-0.25, -0.2) is 4.39 Å². The number of halogens is 2. The monoisotopic (exact) mass is 342 g/mol. The molecular formula is C15H16ClFN2O2S. The highest BCUT2D eigenvalue weighted by atomic mass is 35.5. The summed E-state index contributed by atoms with van der Waals surface area (Å²) in [5, 5.41) is 4.83. The van der Waals surface area contributed by atoms with Gasteiger partial charge in [0.05, 0.1) is 0 Å². The number of hydrogen-bond donors (Lipinski definition) is 1. The molecule has 1 heterocycles. The normalized spacial score (nSPS) is 10.7. The zero-order valence-electron chi connectivity index (χ0n) is 12.1. The summed E-state index contributed by atoms with van der Waals surface area (Å²) in [6.07, 6.45) is 0.539. The number of nitrogens with one attached hydrogen (secondary N) is 1. The molecule has 0 aliphatic rings. The molecule has 0 radical (unpaired) electrons. The molecule has 1 aromatic carbocycles. The van der Waals surface area contributed by atoms with Gasteiger partial charge in [0.2, 0.25) is 5.91 Å². The van der Waals surface area contributed by atoms with Gasteiger partial charge in [-0.15, -0.1) is 0 Å². The Balaban J connectivity index is 1.80. The maximum atomic E-state index is 13.6.